The Morgan fingerprint density at radius 1 is 1.42 bits per heavy atom. The van der Waals surface area contributed by atoms with Crippen LogP contribution in [-0.4, -0.2) is 50.7 Å². The van der Waals surface area contributed by atoms with Gasteiger partial charge in [-0.05, 0) is 31.9 Å². The molecule has 8 heteroatoms. The van der Waals surface area contributed by atoms with Crippen molar-refractivity contribution in [2.24, 2.45) is 5.92 Å². The normalized spacial score (nSPS) is 17.9. The average Bonchev–Trinajstić information content (AvgIpc) is 3.07. The Morgan fingerprint density at radius 3 is 3.04 bits per heavy atom. The minimum atomic E-state index is -0.357. The third-order valence-corrected chi connectivity index (χ3v) is 4.22. The maximum absolute atomic E-state index is 12.5. The van der Waals surface area contributed by atoms with Gasteiger partial charge in [0.15, 0.2) is 0 Å². The Labute approximate surface area is 138 Å². The molecule has 128 valence electrons. The number of hydrogen-bond donors (Lipinski definition) is 0. The van der Waals surface area contributed by atoms with Crippen LogP contribution in [0.1, 0.15) is 19.8 Å². The molecule has 1 aliphatic rings. The van der Waals surface area contributed by atoms with Crippen LogP contribution in [0, 0.1) is 5.92 Å². The summed E-state index contributed by atoms with van der Waals surface area (Å²) in [6.07, 6.45) is 4.65. The van der Waals surface area contributed by atoms with Gasteiger partial charge in [-0.1, -0.05) is 0 Å². The number of aromatic nitrogens is 3. The second kappa shape index (κ2) is 6.86. The van der Waals surface area contributed by atoms with Crippen molar-refractivity contribution in [3.8, 4) is 0 Å². The number of esters is 1. The Morgan fingerprint density at radius 2 is 2.25 bits per heavy atom. The zero-order valence-electron chi connectivity index (χ0n) is 13.6. The molecule has 0 radical (unpaired) electrons. The summed E-state index contributed by atoms with van der Waals surface area (Å²) in [6.45, 7) is 2.87. The van der Waals surface area contributed by atoms with Crippen LogP contribution in [0.15, 0.2) is 29.3 Å². The zero-order valence-corrected chi connectivity index (χ0v) is 13.6. The Hall–Kier alpha value is -2.64. The van der Waals surface area contributed by atoms with Crippen molar-refractivity contribution in [2.45, 2.75) is 26.3 Å². The van der Waals surface area contributed by atoms with Crippen LogP contribution in [-0.2, 0) is 20.9 Å². The van der Waals surface area contributed by atoms with Crippen LogP contribution in [0.5, 0.6) is 0 Å². The third kappa shape index (κ3) is 3.17. The molecule has 0 saturated carbocycles. The van der Waals surface area contributed by atoms with Crippen LogP contribution < -0.4 is 5.69 Å². The molecule has 1 aliphatic heterocycles. The molecule has 0 unspecified atom stereocenters. The summed E-state index contributed by atoms with van der Waals surface area (Å²) in [4.78, 5) is 38.2. The quantitative estimate of drug-likeness (QED) is 0.752. The fourth-order valence-corrected chi connectivity index (χ4v) is 2.97. The summed E-state index contributed by atoms with van der Waals surface area (Å²) >= 11 is 0. The molecule has 1 saturated heterocycles. The van der Waals surface area contributed by atoms with Crippen LogP contribution >= 0.6 is 0 Å². The van der Waals surface area contributed by atoms with E-state index in [4.69, 9.17) is 4.74 Å². The molecule has 2 aromatic heterocycles. The van der Waals surface area contributed by atoms with Gasteiger partial charge < -0.3 is 9.64 Å². The van der Waals surface area contributed by atoms with Gasteiger partial charge in [0.05, 0.1) is 24.2 Å². The second-order valence-electron chi connectivity index (χ2n) is 5.82. The lowest BCUT2D eigenvalue weighted by atomic mass is 9.98. The number of nitrogens with zero attached hydrogens (tertiary/aromatic N) is 4. The molecule has 3 heterocycles. The predicted molar refractivity (Wildman–Crippen MR) is 85.4 cm³/mol. The van der Waals surface area contributed by atoms with Gasteiger partial charge in [-0.25, -0.2) is 9.48 Å². The van der Waals surface area contributed by atoms with E-state index >= 15 is 0 Å². The molecule has 1 atom stereocenters. The highest BCUT2D eigenvalue weighted by atomic mass is 16.5. The SMILES string of the molecule is CCOC(=O)[C@H]1CCCN(C(=O)Cn2ncc3cccn3c2=O)C1. The number of carbonyl (C=O) groups is 2. The fraction of sp³-hybridized carbons (Fsp3) is 0.500. The van der Waals surface area contributed by atoms with E-state index in [9.17, 15) is 14.4 Å². The van der Waals surface area contributed by atoms with Gasteiger partial charge in [0.25, 0.3) is 0 Å². The van der Waals surface area contributed by atoms with Crippen molar-refractivity contribution < 1.29 is 14.3 Å². The highest BCUT2D eigenvalue weighted by Gasteiger charge is 2.29. The van der Waals surface area contributed by atoms with Gasteiger partial charge in [-0.15, -0.1) is 0 Å². The maximum Gasteiger partial charge on any atom is 0.349 e. The van der Waals surface area contributed by atoms with E-state index in [0.29, 0.717) is 25.2 Å². The number of hydrogen-bond acceptors (Lipinski definition) is 5. The van der Waals surface area contributed by atoms with Crippen molar-refractivity contribution >= 4 is 17.4 Å². The molecule has 0 spiro atoms. The maximum atomic E-state index is 12.5. The van der Waals surface area contributed by atoms with E-state index in [2.05, 4.69) is 5.10 Å². The summed E-state index contributed by atoms with van der Waals surface area (Å²) in [5.74, 6) is -0.775. The lowest BCUT2D eigenvalue weighted by Gasteiger charge is -2.31. The Bertz CT molecular complexity index is 810. The van der Waals surface area contributed by atoms with Crippen molar-refractivity contribution in [3.05, 3.63) is 35.0 Å². The first-order valence-electron chi connectivity index (χ1n) is 8.07. The largest absolute Gasteiger partial charge is 0.466 e. The lowest BCUT2D eigenvalue weighted by molar-refractivity contribution is -0.151. The summed E-state index contributed by atoms with van der Waals surface area (Å²) < 4.78 is 7.62. The monoisotopic (exact) mass is 332 g/mol. The van der Waals surface area contributed by atoms with Gasteiger partial charge in [0, 0.05) is 19.3 Å². The van der Waals surface area contributed by atoms with E-state index in [1.54, 1.807) is 36.4 Å². The van der Waals surface area contributed by atoms with Crippen molar-refractivity contribution in [3.63, 3.8) is 0 Å². The fourth-order valence-electron chi connectivity index (χ4n) is 2.97. The highest BCUT2D eigenvalue weighted by Crippen LogP contribution is 2.18. The standard InChI is InChI=1S/C16H20N4O4/c1-2-24-15(22)12-5-3-7-18(10-12)14(21)11-20-16(23)19-8-4-6-13(19)9-17-20/h4,6,8-9,12H,2-3,5,7,10-11H2,1H3/t12-/m0/s1. The molecule has 0 N–H and O–H groups in total. The number of fused-ring (bicyclic) bond motifs is 1. The molecule has 1 amide bonds. The van der Waals surface area contributed by atoms with Gasteiger partial charge in [-0.2, -0.15) is 5.10 Å². The van der Waals surface area contributed by atoms with E-state index in [1.165, 1.54) is 4.40 Å². The summed E-state index contributed by atoms with van der Waals surface area (Å²) in [6, 6.07) is 3.52. The minimum absolute atomic E-state index is 0.136. The smallest absolute Gasteiger partial charge is 0.349 e. The number of piperidine rings is 1. The number of amides is 1. The molecule has 0 bridgehead atoms. The topological polar surface area (TPSA) is 85.9 Å². The second-order valence-corrected chi connectivity index (χ2v) is 5.82. The van der Waals surface area contributed by atoms with E-state index in [0.717, 1.165) is 17.5 Å². The first-order chi connectivity index (χ1) is 11.6. The first-order valence-corrected chi connectivity index (χ1v) is 8.07. The lowest BCUT2D eigenvalue weighted by Crippen LogP contribution is -2.45. The molecule has 0 aromatic carbocycles. The summed E-state index contributed by atoms with van der Waals surface area (Å²) in [5.41, 5.74) is 0.328. The zero-order chi connectivity index (χ0) is 17.1. The average molecular weight is 332 g/mol. The molecule has 2 aromatic rings. The van der Waals surface area contributed by atoms with E-state index < -0.39 is 0 Å². The molecule has 1 fully saturated rings. The molecule has 3 rings (SSSR count). The number of ether oxygens (including phenoxy) is 1. The Kier molecular flexibility index (Phi) is 4.64. The van der Waals surface area contributed by atoms with Crippen molar-refractivity contribution in [1.82, 2.24) is 19.1 Å². The molecule has 8 nitrogen and oxygen atoms in total. The van der Waals surface area contributed by atoms with Crippen LogP contribution in [0.4, 0.5) is 0 Å². The number of rotatable bonds is 4. The van der Waals surface area contributed by atoms with Gasteiger partial charge >= 0.3 is 11.7 Å². The van der Waals surface area contributed by atoms with Gasteiger partial charge in [-0.3, -0.25) is 14.0 Å². The van der Waals surface area contributed by atoms with Gasteiger partial charge in [0.1, 0.15) is 6.54 Å². The van der Waals surface area contributed by atoms with E-state index in [-0.39, 0.29) is 30.0 Å². The molecule has 24 heavy (non-hydrogen) atoms. The minimum Gasteiger partial charge on any atom is -0.466 e. The van der Waals surface area contributed by atoms with Crippen LogP contribution in [0.2, 0.25) is 0 Å². The molecular weight excluding hydrogens is 312 g/mol. The Balaban J connectivity index is 1.70. The van der Waals surface area contributed by atoms with Crippen LogP contribution in [0.3, 0.4) is 0 Å². The first kappa shape index (κ1) is 16.2. The molecule has 0 aliphatic carbocycles. The van der Waals surface area contributed by atoms with Crippen molar-refractivity contribution in [2.75, 3.05) is 19.7 Å². The molecular formula is C16H20N4O4. The van der Waals surface area contributed by atoms with Crippen molar-refractivity contribution in [1.29, 1.82) is 0 Å². The van der Waals surface area contributed by atoms with Gasteiger partial charge in [0.2, 0.25) is 5.91 Å². The van der Waals surface area contributed by atoms with E-state index in [1.807, 2.05) is 0 Å². The summed E-state index contributed by atoms with van der Waals surface area (Å²) in [5, 5.41) is 4.04. The third-order valence-electron chi connectivity index (χ3n) is 4.22. The highest BCUT2D eigenvalue weighted by molar-refractivity contribution is 5.78. The summed E-state index contributed by atoms with van der Waals surface area (Å²) in [7, 11) is 0. The number of likely N-dealkylation sites (tertiary alicyclic amines) is 1. The number of carbonyl (C=O) groups excluding carboxylic acids is 2. The van der Waals surface area contributed by atoms with Crippen LogP contribution in [0.25, 0.3) is 5.52 Å². The predicted octanol–water partition coefficient (Wildman–Crippen LogP) is 0.298.